The van der Waals surface area contributed by atoms with Crippen molar-refractivity contribution in [3.8, 4) is 16.5 Å². The maximum atomic E-state index is 13.4. The maximum absolute atomic E-state index is 13.4. The Morgan fingerprint density at radius 1 is 1.25 bits per heavy atom. The van der Waals surface area contributed by atoms with Gasteiger partial charge in [-0.1, -0.05) is 0 Å². The van der Waals surface area contributed by atoms with Gasteiger partial charge in [0.2, 0.25) is 0 Å². The number of hydrogen-bond donors (Lipinski definition) is 1. The molecule has 0 aliphatic heterocycles. The van der Waals surface area contributed by atoms with Crippen molar-refractivity contribution in [1.29, 1.82) is 0 Å². The summed E-state index contributed by atoms with van der Waals surface area (Å²) in [6.45, 7) is 0. The standard InChI is InChI=1S/C14H12FN3OS/c1-16-13-10-4-3-8(15)5-11(10)17-14(18-13)12-6-9(19-2)7-20-12/h3-7H,1-2H3,(H,16,17,18). The number of ether oxygens (including phenoxy) is 1. The second-order valence-electron chi connectivity index (χ2n) is 4.16. The molecule has 0 radical (unpaired) electrons. The minimum Gasteiger partial charge on any atom is -0.496 e. The SMILES string of the molecule is CNc1nc(-c2cc(OC)cs2)nc2cc(F)ccc12. The average Bonchev–Trinajstić information content (AvgIpc) is 2.94. The van der Waals surface area contributed by atoms with E-state index in [1.54, 1.807) is 20.2 Å². The number of methoxy groups -OCH3 is 1. The Balaban J connectivity index is 2.20. The smallest absolute Gasteiger partial charge is 0.172 e. The van der Waals surface area contributed by atoms with Gasteiger partial charge in [-0.2, -0.15) is 0 Å². The maximum Gasteiger partial charge on any atom is 0.172 e. The molecule has 0 saturated carbocycles. The molecule has 0 saturated heterocycles. The van der Waals surface area contributed by atoms with Crippen molar-refractivity contribution >= 4 is 28.1 Å². The van der Waals surface area contributed by atoms with Gasteiger partial charge in [-0.15, -0.1) is 11.3 Å². The van der Waals surface area contributed by atoms with Gasteiger partial charge in [0, 0.05) is 29.9 Å². The lowest BCUT2D eigenvalue weighted by molar-refractivity contribution is 0.417. The first-order chi connectivity index (χ1) is 9.71. The molecule has 102 valence electrons. The van der Waals surface area contributed by atoms with E-state index >= 15 is 0 Å². The molecule has 0 bridgehead atoms. The first kappa shape index (κ1) is 12.8. The highest BCUT2D eigenvalue weighted by molar-refractivity contribution is 7.13. The van der Waals surface area contributed by atoms with Crippen molar-refractivity contribution in [3.63, 3.8) is 0 Å². The summed E-state index contributed by atoms with van der Waals surface area (Å²) in [7, 11) is 3.39. The van der Waals surface area contributed by atoms with Crippen LogP contribution in [-0.2, 0) is 0 Å². The fourth-order valence-corrected chi connectivity index (χ4v) is 2.73. The summed E-state index contributed by atoms with van der Waals surface area (Å²) in [5, 5.41) is 5.70. The second kappa shape index (κ2) is 5.05. The highest BCUT2D eigenvalue weighted by atomic mass is 32.1. The normalized spacial score (nSPS) is 10.8. The van der Waals surface area contributed by atoms with Crippen LogP contribution in [0, 0.1) is 5.82 Å². The van der Waals surface area contributed by atoms with Gasteiger partial charge in [0.05, 0.1) is 17.5 Å². The summed E-state index contributed by atoms with van der Waals surface area (Å²) in [5.74, 6) is 1.69. The molecule has 0 amide bonds. The Hall–Kier alpha value is -2.21. The van der Waals surface area contributed by atoms with Crippen LogP contribution in [0.5, 0.6) is 5.75 Å². The molecule has 0 spiro atoms. The van der Waals surface area contributed by atoms with Crippen molar-refractivity contribution in [2.45, 2.75) is 0 Å². The van der Waals surface area contributed by atoms with E-state index in [9.17, 15) is 4.39 Å². The van der Waals surface area contributed by atoms with Gasteiger partial charge < -0.3 is 10.1 Å². The Bertz CT molecular complexity index is 772. The molecule has 3 aromatic rings. The van der Waals surface area contributed by atoms with Gasteiger partial charge in [0.15, 0.2) is 5.82 Å². The van der Waals surface area contributed by atoms with Crippen LogP contribution in [0.4, 0.5) is 10.2 Å². The molecule has 6 heteroatoms. The molecule has 0 aliphatic rings. The Labute approximate surface area is 119 Å². The quantitative estimate of drug-likeness (QED) is 0.801. The highest BCUT2D eigenvalue weighted by Crippen LogP contribution is 2.31. The number of benzene rings is 1. The molecular formula is C14H12FN3OS. The molecule has 0 aliphatic carbocycles. The number of nitrogens with one attached hydrogen (secondary N) is 1. The Kier molecular flexibility index (Phi) is 3.23. The van der Waals surface area contributed by atoms with Crippen LogP contribution < -0.4 is 10.1 Å². The molecule has 0 atom stereocenters. The number of fused-ring (bicyclic) bond motifs is 1. The topological polar surface area (TPSA) is 47.0 Å². The number of nitrogens with zero attached hydrogens (tertiary/aromatic N) is 2. The number of rotatable bonds is 3. The molecule has 1 N–H and O–H groups in total. The van der Waals surface area contributed by atoms with E-state index in [1.165, 1.54) is 23.5 Å². The third-order valence-electron chi connectivity index (χ3n) is 2.93. The molecule has 2 aromatic heterocycles. The van der Waals surface area contributed by atoms with E-state index in [1.807, 2.05) is 11.4 Å². The number of halogens is 1. The van der Waals surface area contributed by atoms with Crippen LogP contribution in [0.2, 0.25) is 0 Å². The van der Waals surface area contributed by atoms with Crippen molar-refractivity contribution in [2.24, 2.45) is 0 Å². The zero-order valence-corrected chi connectivity index (χ0v) is 11.8. The number of hydrogen-bond acceptors (Lipinski definition) is 5. The molecule has 0 unspecified atom stereocenters. The first-order valence-corrected chi connectivity index (χ1v) is 6.87. The van der Waals surface area contributed by atoms with E-state index in [2.05, 4.69) is 15.3 Å². The summed E-state index contributed by atoms with van der Waals surface area (Å²) in [6.07, 6.45) is 0. The monoisotopic (exact) mass is 289 g/mol. The molecule has 20 heavy (non-hydrogen) atoms. The van der Waals surface area contributed by atoms with Crippen molar-refractivity contribution in [3.05, 3.63) is 35.5 Å². The summed E-state index contributed by atoms with van der Waals surface area (Å²) in [4.78, 5) is 9.78. The molecule has 3 rings (SSSR count). The second-order valence-corrected chi connectivity index (χ2v) is 5.07. The van der Waals surface area contributed by atoms with E-state index in [-0.39, 0.29) is 5.82 Å². The zero-order chi connectivity index (χ0) is 14.1. The minimum atomic E-state index is -0.312. The molecule has 2 heterocycles. The summed E-state index contributed by atoms with van der Waals surface area (Å²) in [5.41, 5.74) is 0.576. The molecule has 4 nitrogen and oxygen atoms in total. The lowest BCUT2D eigenvalue weighted by atomic mass is 10.2. The van der Waals surface area contributed by atoms with Gasteiger partial charge >= 0.3 is 0 Å². The summed E-state index contributed by atoms with van der Waals surface area (Å²) >= 11 is 1.49. The number of aromatic nitrogens is 2. The first-order valence-electron chi connectivity index (χ1n) is 5.99. The van der Waals surface area contributed by atoms with Gasteiger partial charge in [-0.25, -0.2) is 14.4 Å². The number of anilines is 1. The predicted octanol–water partition coefficient (Wildman–Crippen LogP) is 3.55. The molecule has 1 aromatic carbocycles. The van der Waals surface area contributed by atoms with Crippen LogP contribution in [0.15, 0.2) is 29.6 Å². The van der Waals surface area contributed by atoms with Crippen LogP contribution in [-0.4, -0.2) is 24.1 Å². The molecule has 0 fully saturated rings. The van der Waals surface area contributed by atoms with Crippen LogP contribution in [0.1, 0.15) is 0 Å². The van der Waals surface area contributed by atoms with Crippen LogP contribution >= 0.6 is 11.3 Å². The largest absolute Gasteiger partial charge is 0.496 e. The van der Waals surface area contributed by atoms with Gasteiger partial charge in [-0.05, 0) is 12.1 Å². The summed E-state index contributed by atoms with van der Waals surface area (Å²) in [6, 6.07) is 6.35. The predicted molar refractivity (Wildman–Crippen MR) is 78.9 cm³/mol. The lowest BCUT2D eigenvalue weighted by Crippen LogP contribution is -1.98. The van der Waals surface area contributed by atoms with Crippen LogP contribution in [0.25, 0.3) is 21.6 Å². The zero-order valence-electron chi connectivity index (χ0n) is 11.0. The lowest BCUT2D eigenvalue weighted by Gasteiger charge is -2.07. The minimum absolute atomic E-state index is 0.312. The highest BCUT2D eigenvalue weighted by Gasteiger charge is 2.11. The van der Waals surface area contributed by atoms with E-state index in [0.29, 0.717) is 17.2 Å². The van der Waals surface area contributed by atoms with Gasteiger partial charge in [0.1, 0.15) is 17.4 Å². The molecular weight excluding hydrogens is 277 g/mol. The van der Waals surface area contributed by atoms with E-state index in [0.717, 1.165) is 16.0 Å². The Morgan fingerprint density at radius 3 is 2.80 bits per heavy atom. The Morgan fingerprint density at radius 2 is 2.10 bits per heavy atom. The van der Waals surface area contributed by atoms with Gasteiger partial charge in [0.25, 0.3) is 0 Å². The van der Waals surface area contributed by atoms with E-state index < -0.39 is 0 Å². The average molecular weight is 289 g/mol. The summed E-state index contributed by atoms with van der Waals surface area (Å²) < 4.78 is 18.5. The van der Waals surface area contributed by atoms with E-state index in [4.69, 9.17) is 4.74 Å². The fourth-order valence-electron chi connectivity index (χ4n) is 1.95. The van der Waals surface area contributed by atoms with Crippen molar-refractivity contribution < 1.29 is 9.13 Å². The number of thiophene rings is 1. The third-order valence-corrected chi connectivity index (χ3v) is 3.83. The fraction of sp³-hybridized carbons (Fsp3) is 0.143. The van der Waals surface area contributed by atoms with Gasteiger partial charge in [-0.3, -0.25) is 0 Å². The van der Waals surface area contributed by atoms with Crippen LogP contribution in [0.3, 0.4) is 0 Å². The third kappa shape index (κ3) is 2.18. The van der Waals surface area contributed by atoms with Crippen molar-refractivity contribution in [2.75, 3.05) is 19.5 Å². The van der Waals surface area contributed by atoms with Crippen molar-refractivity contribution in [1.82, 2.24) is 9.97 Å².